The number of aliphatic hydroxyl groups is 4. The van der Waals surface area contributed by atoms with Gasteiger partial charge in [0.05, 0.1) is 18.1 Å². The van der Waals surface area contributed by atoms with Crippen molar-refractivity contribution in [2.24, 2.45) is 56.2 Å². The Labute approximate surface area is 264 Å². The number of carboxylic acids is 1. The van der Waals surface area contributed by atoms with Crippen LogP contribution < -0.4 is 0 Å². The van der Waals surface area contributed by atoms with E-state index in [2.05, 4.69) is 54.5 Å². The zero-order chi connectivity index (χ0) is 32.3. The Bertz CT molecular complexity index is 1180. The van der Waals surface area contributed by atoms with Gasteiger partial charge in [-0.05, 0) is 121 Å². The molecule has 7 nitrogen and oxygen atoms in total. The molecule has 6 aliphatic rings. The predicted molar refractivity (Wildman–Crippen MR) is 169 cm³/mol. The van der Waals surface area contributed by atoms with Crippen molar-refractivity contribution in [1.29, 1.82) is 0 Å². The quantitative estimate of drug-likeness (QED) is 0.256. The second kappa shape index (κ2) is 10.5. The SMILES string of the molecule is CC1(C)CC[C@]2(C(=O)O)CC[C@]3(C)C(=CCC4[C@@]5(C)CC[C@H](C[C@@H]6O[C@H](CO)[C@H](O)C(O)C6O)C(C)(C)C5CC[C@]43C)C2C1. The third-order valence-corrected chi connectivity index (χ3v) is 15.8. The lowest BCUT2D eigenvalue weighted by atomic mass is 9.33. The summed E-state index contributed by atoms with van der Waals surface area (Å²) in [5, 5.41) is 52.0. The number of hydrogen-bond acceptors (Lipinski definition) is 6. The molecule has 6 rings (SSSR count). The van der Waals surface area contributed by atoms with Crippen molar-refractivity contribution >= 4 is 5.97 Å². The minimum Gasteiger partial charge on any atom is -0.481 e. The lowest BCUT2D eigenvalue weighted by Crippen LogP contribution is -2.65. The molecule has 250 valence electrons. The highest BCUT2D eigenvalue weighted by Gasteiger charge is 2.69. The number of hydrogen-bond donors (Lipinski definition) is 5. The molecule has 0 amide bonds. The summed E-state index contributed by atoms with van der Waals surface area (Å²) >= 11 is 0. The third kappa shape index (κ3) is 4.41. The maximum Gasteiger partial charge on any atom is 0.310 e. The Morgan fingerprint density at radius 1 is 0.841 bits per heavy atom. The average molecular weight is 617 g/mol. The number of rotatable bonds is 4. The molecule has 7 heteroatoms. The van der Waals surface area contributed by atoms with E-state index in [1.165, 1.54) is 5.57 Å². The van der Waals surface area contributed by atoms with Gasteiger partial charge in [0.2, 0.25) is 0 Å². The van der Waals surface area contributed by atoms with E-state index in [0.29, 0.717) is 18.3 Å². The first-order valence-electron chi connectivity index (χ1n) is 17.6. The maximum absolute atomic E-state index is 12.9. The van der Waals surface area contributed by atoms with Gasteiger partial charge in [0.25, 0.3) is 0 Å². The Hall–Kier alpha value is -0.990. The van der Waals surface area contributed by atoms with Crippen LogP contribution in [-0.4, -0.2) is 68.6 Å². The van der Waals surface area contributed by atoms with E-state index >= 15 is 0 Å². The first-order chi connectivity index (χ1) is 20.4. The summed E-state index contributed by atoms with van der Waals surface area (Å²) in [5.41, 5.74) is 1.24. The Balaban J connectivity index is 1.29. The second-order valence-corrected chi connectivity index (χ2v) is 18.3. The van der Waals surface area contributed by atoms with Gasteiger partial charge in [-0.1, -0.05) is 60.1 Å². The Morgan fingerprint density at radius 3 is 2.16 bits per heavy atom. The minimum atomic E-state index is -1.33. The third-order valence-electron chi connectivity index (χ3n) is 15.8. The standard InChI is InChI=1S/C37H60O7/c1-32(2)14-16-37(31(42)43)17-15-35(6)22(23(37)19-32)8-9-27-34(5)12-10-21(33(3,4)26(34)11-13-36(27,35)7)18-24-28(39)30(41)29(40)25(20-38)44-24/h8,21,23-30,38-41H,9-20H2,1-7H3,(H,42,43)/t21-,23?,24+,25-,26?,27?,28?,29+,30?,34+,35-,36-,37+/m1/s1. The normalized spacial score (nSPS) is 52.9. The molecule has 5 unspecified atom stereocenters. The summed E-state index contributed by atoms with van der Waals surface area (Å²) in [7, 11) is 0. The number of aliphatic hydroxyl groups excluding tert-OH is 4. The molecule has 1 aliphatic heterocycles. The van der Waals surface area contributed by atoms with Crippen LogP contribution in [0.3, 0.4) is 0 Å². The lowest BCUT2D eigenvalue weighted by molar-refractivity contribution is -0.241. The average Bonchev–Trinajstić information content (AvgIpc) is 2.94. The molecule has 0 aromatic rings. The molecule has 44 heavy (non-hydrogen) atoms. The van der Waals surface area contributed by atoms with Crippen LogP contribution in [0.4, 0.5) is 0 Å². The molecule has 13 atom stereocenters. The number of allylic oxidation sites excluding steroid dienone is 2. The molecule has 0 radical (unpaired) electrons. The first-order valence-corrected chi connectivity index (χ1v) is 17.6. The van der Waals surface area contributed by atoms with Crippen molar-refractivity contribution in [2.75, 3.05) is 6.61 Å². The molecular formula is C37H60O7. The van der Waals surface area contributed by atoms with Crippen LogP contribution in [0.25, 0.3) is 0 Å². The molecule has 0 aromatic heterocycles. The van der Waals surface area contributed by atoms with Crippen molar-refractivity contribution in [3.05, 3.63) is 11.6 Å². The fourth-order valence-electron chi connectivity index (χ4n) is 12.8. The van der Waals surface area contributed by atoms with E-state index in [-0.39, 0.29) is 38.9 Å². The summed E-state index contributed by atoms with van der Waals surface area (Å²) in [6.07, 6.45) is 7.70. The molecule has 0 bridgehead atoms. The van der Waals surface area contributed by atoms with Crippen LogP contribution in [0, 0.1) is 56.2 Å². The fourth-order valence-corrected chi connectivity index (χ4v) is 12.8. The van der Waals surface area contributed by atoms with Gasteiger partial charge in [-0.25, -0.2) is 0 Å². The highest BCUT2D eigenvalue weighted by Crippen LogP contribution is 2.76. The summed E-state index contributed by atoms with van der Waals surface area (Å²) < 4.78 is 5.99. The monoisotopic (exact) mass is 616 g/mol. The molecule has 0 spiro atoms. The zero-order valence-corrected chi connectivity index (χ0v) is 28.3. The van der Waals surface area contributed by atoms with Crippen molar-refractivity contribution in [2.45, 2.75) is 150 Å². The smallest absolute Gasteiger partial charge is 0.310 e. The minimum absolute atomic E-state index is 0.00173. The van der Waals surface area contributed by atoms with Crippen LogP contribution in [0.2, 0.25) is 0 Å². The number of carboxylic acid groups (broad SMARTS) is 1. The van der Waals surface area contributed by atoms with E-state index < -0.39 is 48.5 Å². The first kappa shape index (κ1) is 32.9. The molecule has 1 saturated heterocycles. The summed E-state index contributed by atoms with van der Waals surface area (Å²) in [6.45, 7) is 16.6. The summed E-state index contributed by atoms with van der Waals surface area (Å²) in [5.74, 6) is 0.835. The number of fused-ring (bicyclic) bond motifs is 7. The van der Waals surface area contributed by atoms with Crippen LogP contribution in [0.5, 0.6) is 0 Å². The molecule has 1 heterocycles. The largest absolute Gasteiger partial charge is 0.481 e. The van der Waals surface area contributed by atoms with E-state index in [1.54, 1.807) is 0 Å². The van der Waals surface area contributed by atoms with E-state index in [0.717, 1.165) is 64.2 Å². The van der Waals surface area contributed by atoms with Crippen LogP contribution in [0.15, 0.2) is 11.6 Å². The van der Waals surface area contributed by atoms with Crippen LogP contribution in [0.1, 0.15) is 119 Å². The number of ether oxygens (including phenoxy) is 1. The Morgan fingerprint density at radius 2 is 1.50 bits per heavy atom. The summed E-state index contributed by atoms with van der Waals surface area (Å²) in [4.78, 5) is 12.9. The van der Waals surface area contributed by atoms with E-state index in [4.69, 9.17) is 4.74 Å². The summed E-state index contributed by atoms with van der Waals surface area (Å²) in [6, 6.07) is 0. The lowest BCUT2D eigenvalue weighted by Gasteiger charge is -2.71. The molecule has 5 aliphatic carbocycles. The highest BCUT2D eigenvalue weighted by molar-refractivity contribution is 5.76. The van der Waals surface area contributed by atoms with Gasteiger partial charge < -0.3 is 30.3 Å². The maximum atomic E-state index is 12.9. The highest BCUT2D eigenvalue weighted by atomic mass is 16.5. The molecular weight excluding hydrogens is 556 g/mol. The second-order valence-electron chi connectivity index (χ2n) is 18.3. The van der Waals surface area contributed by atoms with Gasteiger partial charge in [0.1, 0.15) is 24.4 Å². The van der Waals surface area contributed by atoms with Crippen molar-refractivity contribution in [3.8, 4) is 0 Å². The predicted octanol–water partition coefficient (Wildman–Crippen LogP) is 5.72. The van der Waals surface area contributed by atoms with Crippen molar-refractivity contribution in [3.63, 3.8) is 0 Å². The van der Waals surface area contributed by atoms with Gasteiger partial charge >= 0.3 is 5.97 Å². The van der Waals surface area contributed by atoms with E-state index in [9.17, 15) is 30.3 Å². The van der Waals surface area contributed by atoms with Gasteiger partial charge in [-0.15, -0.1) is 0 Å². The van der Waals surface area contributed by atoms with Gasteiger partial charge in [-0.3, -0.25) is 4.79 Å². The Kier molecular flexibility index (Phi) is 7.86. The van der Waals surface area contributed by atoms with Gasteiger partial charge in [-0.2, -0.15) is 0 Å². The van der Waals surface area contributed by atoms with Gasteiger partial charge in [0.15, 0.2) is 0 Å². The molecule has 0 aromatic carbocycles. The number of aliphatic carboxylic acids is 1. The number of carbonyl (C=O) groups is 1. The van der Waals surface area contributed by atoms with Gasteiger partial charge in [0, 0.05) is 0 Å². The molecule has 5 N–H and O–H groups in total. The van der Waals surface area contributed by atoms with E-state index in [1.807, 2.05) is 0 Å². The zero-order valence-electron chi connectivity index (χ0n) is 28.3. The molecule has 4 saturated carbocycles. The van der Waals surface area contributed by atoms with Crippen LogP contribution >= 0.6 is 0 Å². The van der Waals surface area contributed by atoms with Crippen molar-refractivity contribution < 1.29 is 35.1 Å². The topological polar surface area (TPSA) is 127 Å². The fraction of sp³-hybridized carbons (Fsp3) is 0.919. The van der Waals surface area contributed by atoms with Crippen molar-refractivity contribution in [1.82, 2.24) is 0 Å². The van der Waals surface area contributed by atoms with Crippen LogP contribution in [-0.2, 0) is 9.53 Å². The molecule has 5 fully saturated rings.